The molecule has 0 aliphatic heterocycles. The van der Waals surface area contributed by atoms with Crippen LogP contribution in [0.5, 0.6) is 0 Å². The number of imidazole rings is 1. The number of primary amides is 1. The van der Waals surface area contributed by atoms with E-state index in [-0.39, 0.29) is 23.3 Å². The number of fused-ring (bicyclic) bond motifs is 1. The molecule has 0 aliphatic carbocycles. The van der Waals surface area contributed by atoms with Crippen LogP contribution in [0.25, 0.3) is 11.0 Å². The van der Waals surface area contributed by atoms with Gasteiger partial charge in [0.05, 0.1) is 16.1 Å². The molecule has 0 saturated carbocycles. The van der Waals surface area contributed by atoms with Crippen LogP contribution >= 0.6 is 11.6 Å². The summed E-state index contributed by atoms with van der Waals surface area (Å²) in [6.07, 6.45) is 0.800. The number of nitrogens with two attached hydrogens (primary N) is 2. The molecule has 0 aliphatic rings. The Balaban J connectivity index is 2.34. The number of aromatic nitrogens is 2. The van der Waals surface area contributed by atoms with Crippen LogP contribution in [0.2, 0.25) is 5.02 Å². The first kappa shape index (κ1) is 12.6. The number of rotatable bonds is 4. The molecule has 1 aromatic carbocycles. The fraction of sp³-hybridized carbons (Fsp3) is 0.273. The first-order valence-corrected chi connectivity index (χ1v) is 5.76. The predicted octanol–water partition coefficient (Wildman–Crippen LogP) is 1.68. The molecule has 1 aromatic heterocycles. The van der Waals surface area contributed by atoms with E-state index in [9.17, 15) is 9.18 Å². The molecule has 18 heavy (non-hydrogen) atoms. The van der Waals surface area contributed by atoms with Gasteiger partial charge in [0, 0.05) is 19.0 Å². The van der Waals surface area contributed by atoms with E-state index < -0.39 is 5.82 Å². The highest BCUT2D eigenvalue weighted by atomic mass is 35.5. The van der Waals surface area contributed by atoms with Crippen molar-refractivity contribution in [3.8, 4) is 0 Å². The van der Waals surface area contributed by atoms with Gasteiger partial charge < -0.3 is 16.0 Å². The van der Waals surface area contributed by atoms with Crippen LogP contribution in [-0.4, -0.2) is 15.5 Å². The number of halogens is 2. The molecule has 0 fully saturated rings. The Morgan fingerprint density at radius 3 is 2.89 bits per heavy atom. The smallest absolute Gasteiger partial charge is 0.217 e. The SMILES string of the molecule is NC(=O)CCCn1c(N)nc2cc(F)c(Cl)cc21. The van der Waals surface area contributed by atoms with E-state index in [1.54, 1.807) is 4.57 Å². The van der Waals surface area contributed by atoms with E-state index in [1.165, 1.54) is 12.1 Å². The van der Waals surface area contributed by atoms with Crippen molar-refractivity contribution in [2.45, 2.75) is 19.4 Å². The van der Waals surface area contributed by atoms with Crippen molar-refractivity contribution in [2.75, 3.05) is 5.73 Å². The zero-order valence-electron chi connectivity index (χ0n) is 9.49. The van der Waals surface area contributed by atoms with Crippen LogP contribution in [0.3, 0.4) is 0 Å². The van der Waals surface area contributed by atoms with E-state index in [4.69, 9.17) is 23.1 Å². The minimum absolute atomic E-state index is 0.0125. The van der Waals surface area contributed by atoms with Gasteiger partial charge in [0.2, 0.25) is 11.9 Å². The lowest BCUT2D eigenvalue weighted by Crippen LogP contribution is -2.12. The van der Waals surface area contributed by atoms with Gasteiger partial charge in [-0.2, -0.15) is 0 Å². The van der Waals surface area contributed by atoms with E-state index in [1.807, 2.05) is 0 Å². The maximum atomic E-state index is 13.3. The number of aryl methyl sites for hydroxylation is 1. The van der Waals surface area contributed by atoms with Gasteiger partial charge in [0.25, 0.3) is 0 Å². The van der Waals surface area contributed by atoms with Crippen molar-refractivity contribution >= 4 is 34.5 Å². The number of nitrogen functional groups attached to an aromatic ring is 1. The van der Waals surface area contributed by atoms with Gasteiger partial charge >= 0.3 is 0 Å². The van der Waals surface area contributed by atoms with Gasteiger partial charge in [-0.3, -0.25) is 4.79 Å². The predicted molar refractivity (Wildman–Crippen MR) is 67.5 cm³/mol. The molecule has 2 aromatic rings. The molecule has 96 valence electrons. The fourth-order valence-corrected chi connectivity index (χ4v) is 1.94. The largest absolute Gasteiger partial charge is 0.370 e. The van der Waals surface area contributed by atoms with E-state index in [0.29, 0.717) is 24.0 Å². The molecule has 5 nitrogen and oxygen atoms in total. The molecule has 0 unspecified atom stereocenters. The molecule has 0 bridgehead atoms. The second kappa shape index (κ2) is 4.81. The minimum Gasteiger partial charge on any atom is -0.370 e. The lowest BCUT2D eigenvalue weighted by molar-refractivity contribution is -0.118. The Hall–Kier alpha value is -1.82. The number of anilines is 1. The molecule has 4 N–H and O–H groups in total. The van der Waals surface area contributed by atoms with Crippen LogP contribution < -0.4 is 11.5 Å². The van der Waals surface area contributed by atoms with Gasteiger partial charge in [0.15, 0.2) is 0 Å². The molecular weight excluding hydrogens is 259 g/mol. The molecule has 1 heterocycles. The molecule has 2 rings (SSSR count). The Morgan fingerprint density at radius 2 is 2.22 bits per heavy atom. The Bertz CT molecular complexity index is 611. The van der Waals surface area contributed by atoms with Crippen LogP contribution in [0.15, 0.2) is 12.1 Å². The van der Waals surface area contributed by atoms with E-state index in [0.717, 1.165) is 0 Å². The highest BCUT2D eigenvalue weighted by Crippen LogP contribution is 2.25. The molecule has 0 radical (unpaired) electrons. The molecular formula is C11H12ClFN4O. The van der Waals surface area contributed by atoms with Gasteiger partial charge in [-0.05, 0) is 12.5 Å². The maximum absolute atomic E-state index is 13.3. The van der Waals surface area contributed by atoms with E-state index in [2.05, 4.69) is 4.98 Å². The summed E-state index contributed by atoms with van der Waals surface area (Å²) in [5, 5.41) is 0.0125. The average Bonchev–Trinajstić information content (AvgIpc) is 2.56. The van der Waals surface area contributed by atoms with Crippen molar-refractivity contribution in [3.63, 3.8) is 0 Å². The Morgan fingerprint density at radius 1 is 1.50 bits per heavy atom. The number of carbonyl (C=O) groups is 1. The summed E-state index contributed by atoms with van der Waals surface area (Å²) in [5.74, 6) is -0.649. The van der Waals surface area contributed by atoms with Crippen molar-refractivity contribution in [1.29, 1.82) is 0 Å². The van der Waals surface area contributed by atoms with Crippen LogP contribution in [-0.2, 0) is 11.3 Å². The summed E-state index contributed by atoms with van der Waals surface area (Å²) in [7, 11) is 0. The molecule has 0 saturated heterocycles. The Kier molecular flexibility index (Phi) is 3.38. The number of amides is 1. The molecule has 1 amide bonds. The standard InChI is InChI=1S/C11H12ClFN4O/c12-6-4-9-8(5-7(6)13)16-11(15)17(9)3-1-2-10(14)18/h4-5H,1-3H2,(H2,14,18)(H2,15,16). The third-order valence-electron chi connectivity index (χ3n) is 2.62. The average molecular weight is 271 g/mol. The van der Waals surface area contributed by atoms with Crippen molar-refractivity contribution < 1.29 is 9.18 Å². The number of hydrogen-bond acceptors (Lipinski definition) is 3. The maximum Gasteiger partial charge on any atom is 0.217 e. The highest BCUT2D eigenvalue weighted by Gasteiger charge is 2.11. The summed E-state index contributed by atoms with van der Waals surface area (Å²) in [6.45, 7) is 0.479. The van der Waals surface area contributed by atoms with Crippen molar-refractivity contribution in [1.82, 2.24) is 9.55 Å². The van der Waals surface area contributed by atoms with Gasteiger partial charge in [-0.1, -0.05) is 11.6 Å². The Labute approximate surface area is 108 Å². The summed E-state index contributed by atoms with van der Waals surface area (Å²) >= 11 is 5.72. The second-order valence-corrected chi connectivity index (χ2v) is 4.35. The summed E-state index contributed by atoms with van der Waals surface area (Å²) in [5.41, 5.74) is 11.9. The molecule has 7 heteroatoms. The molecule has 0 spiro atoms. The monoisotopic (exact) mass is 270 g/mol. The topological polar surface area (TPSA) is 86.9 Å². The van der Waals surface area contributed by atoms with E-state index >= 15 is 0 Å². The third kappa shape index (κ3) is 2.38. The first-order chi connectivity index (χ1) is 8.49. The van der Waals surface area contributed by atoms with Gasteiger partial charge in [-0.25, -0.2) is 9.37 Å². The first-order valence-electron chi connectivity index (χ1n) is 5.38. The number of carbonyl (C=O) groups excluding carboxylic acids is 1. The number of hydrogen-bond donors (Lipinski definition) is 2. The quantitative estimate of drug-likeness (QED) is 0.886. The normalized spacial score (nSPS) is 11.0. The summed E-state index contributed by atoms with van der Waals surface area (Å²) in [6, 6.07) is 2.71. The third-order valence-corrected chi connectivity index (χ3v) is 2.91. The van der Waals surface area contributed by atoms with Gasteiger partial charge in [0.1, 0.15) is 5.82 Å². The lowest BCUT2D eigenvalue weighted by atomic mass is 10.2. The van der Waals surface area contributed by atoms with Crippen molar-refractivity contribution in [2.24, 2.45) is 5.73 Å². The molecule has 0 atom stereocenters. The lowest BCUT2D eigenvalue weighted by Gasteiger charge is -2.05. The zero-order valence-corrected chi connectivity index (χ0v) is 10.2. The van der Waals surface area contributed by atoms with Crippen LogP contribution in [0, 0.1) is 5.82 Å². The second-order valence-electron chi connectivity index (χ2n) is 3.95. The van der Waals surface area contributed by atoms with Crippen LogP contribution in [0.1, 0.15) is 12.8 Å². The summed E-state index contributed by atoms with van der Waals surface area (Å²) < 4.78 is 14.9. The van der Waals surface area contributed by atoms with Gasteiger partial charge in [-0.15, -0.1) is 0 Å². The van der Waals surface area contributed by atoms with Crippen LogP contribution in [0.4, 0.5) is 10.3 Å². The van der Waals surface area contributed by atoms with Crippen molar-refractivity contribution in [3.05, 3.63) is 23.0 Å². The zero-order chi connectivity index (χ0) is 13.3. The number of benzene rings is 1. The summed E-state index contributed by atoms with van der Waals surface area (Å²) in [4.78, 5) is 14.7. The minimum atomic E-state index is -0.536. The fourth-order valence-electron chi connectivity index (χ4n) is 1.79. The highest BCUT2D eigenvalue weighted by molar-refractivity contribution is 6.31. The number of nitrogens with zero attached hydrogens (tertiary/aromatic N) is 2.